The molecule has 0 aliphatic heterocycles. The van der Waals surface area contributed by atoms with Crippen LogP contribution in [0.2, 0.25) is 0 Å². The van der Waals surface area contributed by atoms with E-state index in [4.69, 9.17) is 16.7 Å². The molecule has 0 heterocycles. The summed E-state index contributed by atoms with van der Waals surface area (Å²) in [5, 5.41) is 8.02. The number of carbonyl (C=O) groups is 2. The highest BCUT2D eigenvalue weighted by molar-refractivity contribution is 7.98. The van der Waals surface area contributed by atoms with Gasteiger partial charge in [-0.05, 0) is 36.4 Å². The number of benzene rings is 1. The molecule has 92 valence electrons. The quantitative estimate of drug-likeness (QED) is 0.661. The Kier molecular flexibility index (Phi) is 5.02. The molecule has 0 spiro atoms. The zero-order valence-electron chi connectivity index (χ0n) is 9.57. The van der Waals surface area contributed by atoms with Crippen LogP contribution in [0.5, 0.6) is 0 Å². The van der Waals surface area contributed by atoms with Crippen molar-refractivity contribution in [3.8, 4) is 0 Å². The Labute approximate surface area is 109 Å². The van der Waals surface area contributed by atoms with E-state index in [-0.39, 0.29) is 12.2 Å². The number of ketones is 1. The highest BCUT2D eigenvalue weighted by Crippen LogP contribution is 2.29. The first-order chi connectivity index (χ1) is 7.95. The monoisotopic (exact) mass is 272 g/mol. The molecular formula is C12H13ClO3S. The molecule has 1 aromatic carbocycles. The van der Waals surface area contributed by atoms with Crippen LogP contribution in [0.4, 0.5) is 0 Å². The first kappa shape index (κ1) is 14.1. The summed E-state index contributed by atoms with van der Waals surface area (Å²) in [6.07, 6.45) is 1.79. The molecule has 0 aliphatic rings. The lowest BCUT2D eigenvalue weighted by molar-refractivity contribution is -0.136. The van der Waals surface area contributed by atoms with E-state index >= 15 is 0 Å². The van der Waals surface area contributed by atoms with E-state index in [1.807, 2.05) is 12.3 Å². The number of carboxylic acids is 1. The fraction of sp³-hybridized carbons (Fsp3) is 0.333. The largest absolute Gasteiger partial charge is 0.481 e. The Morgan fingerprint density at radius 3 is 2.59 bits per heavy atom. The molecular weight excluding hydrogens is 260 g/mol. The summed E-state index contributed by atoms with van der Waals surface area (Å²) in [5.74, 6) is -1.12. The molecule has 3 nitrogen and oxygen atoms in total. The van der Waals surface area contributed by atoms with Crippen molar-refractivity contribution < 1.29 is 14.7 Å². The normalized spacial score (nSPS) is 12.2. The molecule has 5 heteroatoms. The van der Waals surface area contributed by atoms with Crippen molar-refractivity contribution in [3.63, 3.8) is 0 Å². The lowest BCUT2D eigenvalue weighted by atomic mass is 10.00. The molecule has 0 saturated carbocycles. The maximum atomic E-state index is 11.3. The fourth-order valence-corrected chi connectivity index (χ4v) is 2.13. The van der Waals surface area contributed by atoms with Crippen molar-refractivity contribution in [2.24, 2.45) is 0 Å². The van der Waals surface area contributed by atoms with Crippen LogP contribution >= 0.6 is 23.4 Å². The summed E-state index contributed by atoms with van der Waals surface area (Å²) in [6, 6.07) is 5.33. The highest BCUT2D eigenvalue weighted by Gasteiger charge is 2.18. The number of carboxylic acid groups (broad SMARTS) is 1. The number of hydrogen-bond acceptors (Lipinski definition) is 3. The van der Waals surface area contributed by atoms with Gasteiger partial charge in [-0.3, -0.25) is 9.59 Å². The van der Waals surface area contributed by atoms with Crippen molar-refractivity contribution in [2.75, 3.05) is 6.26 Å². The summed E-state index contributed by atoms with van der Waals surface area (Å²) >= 11 is 7.53. The van der Waals surface area contributed by atoms with Crippen molar-refractivity contribution in [2.45, 2.75) is 23.6 Å². The van der Waals surface area contributed by atoms with Crippen molar-refractivity contribution in [1.29, 1.82) is 0 Å². The predicted molar refractivity (Wildman–Crippen MR) is 68.8 cm³/mol. The Bertz CT molecular complexity index is 445. The van der Waals surface area contributed by atoms with Crippen molar-refractivity contribution >= 4 is 35.1 Å². The van der Waals surface area contributed by atoms with Crippen LogP contribution in [0.3, 0.4) is 0 Å². The van der Waals surface area contributed by atoms with E-state index in [0.29, 0.717) is 11.1 Å². The fourth-order valence-electron chi connectivity index (χ4n) is 1.48. The topological polar surface area (TPSA) is 54.4 Å². The third-order valence-electron chi connectivity index (χ3n) is 2.32. The van der Waals surface area contributed by atoms with Gasteiger partial charge in [0.15, 0.2) is 5.78 Å². The number of halogens is 1. The van der Waals surface area contributed by atoms with Gasteiger partial charge in [0.2, 0.25) is 0 Å². The molecule has 1 aromatic rings. The van der Waals surface area contributed by atoms with E-state index in [2.05, 4.69) is 0 Å². The second-order valence-electron chi connectivity index (χ2n) is 3.61. The minimum Gasteiger partial charge on any atom is -0.481 e. The van der Waals surface area contributed by atoms with Gasteiger partial charge in [-0.2, -0.15) is 0 Å². The molecule has 0 aliphatic carbocycles. The molecule has 0 aromatic heterocycles. The number of Topliss-reactive ketones (excluding diaryl/α,β-unsaturated/α-hetero) is 1. The lowest BCUT2D eigenvalue weighted by Gasteiger charge is -2.12. The molecule has 0 bridgehead atoms. The number of rotatable bonds is 5. The summed E-state index contributed by atoms with van der Waals surface area (Å²) in [5.41, 5.74) is 1.18. The average molecular weight is 273 g/mol. The Hall–Kier alpha value is -1.00. The molecule has 1 rings (SSSR count). The first-order valence-electron chi connectivity index (χ1n) is 4.98. The van der Waals surface area contributed by atoms with Crippen molar-refractivity contribution in [3.05, 3.63) is 29.3 Å². The van der Waals surface area contributed by atoms with E-state index < -0.39 is 11.3 Å². The maximum Gasteiger partial charge on any atom is 0.307 e. The third-order valence-corrected chi connectivity index (χ3v) is 3.59. The van der Waals surface area contributed by atoms with Gasteiger partial charge in [0, 0.05) is 4.90 Å². The van der Waals surface area contributed by atoms with E-state index in [1.165, 1.54) is 18.7 Å². The number of aliphatic carboxylic acids is 1. The average Bonchev–Trinajstić information content (AvgIpc) is 2.27. The van der Waals surface area contributed by atoms with Gasteiger partial charge in [-0.15, -0.1) is 23.4 Å². The van der Waals surface area contributed by atoms with Crippen molar-refractivity contribution in [1.82, 2.24) is 0 Å². The van der Waals surface area contributed by atoms with Gasteiger partial charge in [-0.1, -0.05) is 6.07 Å². The molecule has 17 heavy (non-hydrogen) atoms. The van der Waals surface area contributed by atoms with E-state index in [1.54, 1.807) is 12.1 Å². The molecule has 0 saturated heterocycles. The highest BCUT2D eigenvalue weighted by atomic mass is 35.5. The first-order valence-corrected chi connectivity index (χ1v) is 6.65. The Balaban J connectivity index is 3.20. The van der Waals surface area contributed by atoms with Crippen LogP contribution in [0, 0.1) is 0 Å². The third kappa shape index (κ3) is 3.75. The van der Waals surface area contributed by atoms with Gasteiger partial charge >= 0.3 is 5.97 Å². The number of hydrogen-bond donors (Lipinski definition) is 1. The Morgan fingerprint density at radius 2 is 2.12 bits per heavy atom. The second kappa shape index (κ2) is 6.07. The van der Waals surface area contributed by atoms with E-state index in [0.717, 1.165) is 4.90 Å². The van der Waals surface area contributed by atoms with Gasteiger partial charge in [0.1, 0.15) is 5.38 Å². The van der Waals surface area contributed by atoms with Gasteiger partial charge < -0.3 is 5.11 Å². The lowest BCUT2D eigenvalue weighted by Crippen LogP contribution is -2.09. The SMILES string of the molecule is CSc1ccc(CC(=O)O)c(C(Cl)C(C)=O)c1. The zero-order chi connectivity index (χ0) is 13.0. The number of alkyl halides is 1. The van der Waals surface area contributed by atoms with Gasteiger partial charge in [0.25, 0.3) is 0 Å². The summed E-state index contributed by atoms with van der Waals surface area (Å²) in [4.78, 5) is 23.0. The van der Waals surface area contributed by atoms with Gasteiger partial charge in [0.05, 0.1) is 6.42 Å². The summed E-state index contributed by atoms with van der Waals surface area (Å²) in [7, 11) is 0. The van der Waals surface area contributed by atoms with Gasteiger partial charge in [-0.25, -0.2) is 0 Å². The minimum atomic E-state index is -0.935. The number of carbonyl (C=O) groups excluding carboxylic acids is 1. The molecule has 1 atom stereocenters. The van der Waals surface area contributed by atoms with Crippen LogP contribution in [-0.4, -0.2) is 23.1 Å². The zero-order valence-corrected chi connectivity index (χ0v) is 11.1. The molecule has 0 amide bonds. The smallest absolute Gasteiger partial charge is 0.307 e. The second-order valence-corrected chi connectivity index (χ2v) is 4.92. The van der Waals surface area contributed by atoms with Crippen LogP contribution in [0.1, 0.15) is 23.4 Å². The molecule has 0 radical (unpaired) electrons. The molecule has 1 N–H and O–H groups in total. The maximum absolute atomic E-state index is 11.3. The summed E-state index contributed by atoms with van der Waals surface area (Å²) < 4.78 is 0. The summed E-state index contributed by atoms with van der Waals surface area (Å²) in [6.45, 7) is 1.40. The van der Waals surface area contributed by atoms with Crippen LogP contribution in [-0.2, 0) is 16.0 Å². The molecule has 0 fully saturated rings. The minimum absolute atomic E-state index is 0.125. The predicted octanol–water partition coefficient (Wildman–Crippen LogP) is 2.90. The van der Waals surface area contributed by atoms with Crippen LogP contribution in [0.15, 0.2) is 23.1 Å². The van der Waals surface area contributed by atoms with Crippen LogP contribution < -0.4 is 0 Å². The number of thioether (sulfide) groups is 1. The molecule has 1 unspecified atom stereocenters. The van der Waals surface area contributed by atoms with E-state index in [9.17, 15) is 9.59 Å². The van der Waals surface area contributed by atoms with Crippen LogP contribution in [0.25, 0.3) is 0 Å². The Morgan fingerprint density at radius 1 is 1.47 bits per heavy atom. The standard InChI is InChI=1S/C12H13ClO3S/c1-7(14)12(13)10-6-9(17-2)4-3-8(10)5-11(15)16/h3-4,6,12H,5H2,1-2H3,(H,15,16).